The molecule has 0 spiro atoms. The molecule has 2 amide bonds. The van der Waals surface area contributed by atoms with E-state index in [9.17, 15) is 9.59 Å². The van der Waals surface area contributed by atoms with E-state index in [4.69, 9.17) is 11.6 Å². The lowest BCUT2D eigenvalue weighted by molar-refractivity contribution is -0.137. The van der Waals surface area contributed by atoms with Crippen LogP contribution >= 0.6 is 23.4 Å². The molecule has 3 aromatic carbocycles. The number of amides is 2. The highest BCUT2D eigenvalue weighted by molar-refractivity contribution is 8.04. The summed E-state index contributed by atoms with van der Waals surface area (Å²) >= 11 is 7.55. The maximum absolute atomic E-state index is 13.3. The van der Waals surface area contributed by atoms with E-state index in [1.165, 1.54) is 16.7 Å². The van der Waals surface area contributed by atoms with Crippen molar-refractivity contribution in [2.75, 3.05) is 5.32 Å². The van der Waals surface area contributed by atoms with Gasteiger partial charge in [0.05, 0.1) is 6.54 Å². The number of imide groups is 1. The zero-order chi connectivity index (χ0) is 22.0. The number of nitrogens with zero attached hydrogens (tertiary/aromatic N) is 1. The monoisotopic (exact) mass is 448 g/mol. The Kier molecular flexibility index (Phi) is 6.16. The smallest absolute Gasteiger partial charge is 0.278 e. The number of anilines is 1. The number of thioether (sulfide) groups is 1. The van der Waals surface area contributed by atoms with Crippen molar-refractivity contribution < 1.29 is 9.59 Å². The Balaban J connectivity index is 1.68. The summed E-state index contributed by atoms with van der Waals surface area (Å²) in [5.41, 5.74) is 3.89. The lowest BCUT2D eigenvalue weighted by Gasteiger charge is -2.15. The lowest BCUT2D eigenvalue weighted by Crippen LogP contribution is -2.31. The third kappa shape index (κ3) is 4.68. The second kappa shape index (κ2) is 9.00. The molecule has 0 fully saturated rings. The van der Waals surface area contributed by atoms with Gasteiger partial charge in [0.25, 0.3) is 11.8 Å². The summed E-state index contributed by atoms with van der Waals surface area (Å²) < 4.78 is 0. The standard InChI is InChI=1S/C25H21ClN2O2S/c1-16-8-12-20(13-9-16)31-23-22(27-19-11-10-17(2)21(26)14-19)24(29)28(25(23)30)15-18-6-4-3-5-7-18/h3-14,27H,15H2,1-2H3. The Bertz CT molecular complexity index is 1170. The van der Waals surface area contributed by atoms with Gasteiger partial charge in [-0.25, -0.2) is 0 Å². The topological polar surface area (TPSA) is 49.4 Å². The van der Waals surface area contributed by atoms with E-state index in [0.717, 1.165) is 21.6 Å². The van der Waals surface area contributed by atoms with Crippen molar-refractivity contribution in [2.45, 2.75) is 25.3 Å². The van der Waals surface area contributed by atoms with Gasteiger partial charge in [0.15, 0.2) is 0 Å². The Hall–Kier alpha value is -3.02. The van der Waals surface area contributed by atoms with Crippen LogP contribution in [0.1, 0.15) is 16.7 Å². The molecule has 4 nitrogen and oxygen atoms in total. The van der Waals surface area contributed by atoms with Crippen LogP contribution in [0.15, 0.2) is 88.3 Å². The van der Waals surface area contributed by atoms with Crippen molar-refractivity contribution in [2.24, 2.45) is 0 Å². The number of benzene rings is 3. The minimum Gasteiger partial charge on any atom is -0.350 e. The van der Waals surface area contributed by atoms with Gasteiger partial charge in [-0.1, -0.05) is 77.5 Å². The Morgan fingerprint density at radius 1 is 0.903 bits per heavy atom. The molecule has 0 saturated carbocycles. The molecule has 0 aliphatic carbocycles. The van der Waals surface area contributed by atoms with Crippen LogP contribution < -0.4 is 5.32 Å². The Morgan fingerprint density at radius 2 is 1.61 bits per heavy atom. The maximum Gasteiger partial charge on any atom is 0.278 e. The van der Waals surface area contributed by atoms with Crippen LogP contribution in [0.25, 0.3) is 0 Å². The van der Waals surface area contributed by atoms with Crippen LogP contribution in [-0.2, 0) is 16.1 Å². The fourth-order valence-electron chi connectivity index (χ4n) is 3.21. The predicted octanol–water partition coefficient (Wildman–Crippen LogP) is 5.94. The summed E-state index contributed by atoms with van der Waals surface area (Å²) in [5.74, 6) is -0.653. The molecule has 1 aliphatic rings. The van der Waals surface area contributed by atoms with E-state index >= 15 is 0 Å². The molecule has 3 aromatic rings. The molecular weight excluding hydrogens is 428 g/mol. The van der Waals surface area contributed by atoms with Gasteiger partial charge in [-0.3, -0.25) is 14.5 Å². The van der Waals surface area contributed by atoms with Crippen molar-refractivity contribution in [3.63, 3.8) is 0 Å². The van der Waals surface area contributed by atoms with Crippen LogP contribution in [0.2, 0.25) is 5.02 Å². The summed E-state index contributed by atoms with van der Waals surface area (Å²) in [4.78, 5) is 29.1. The normalized spacial score (nSPS) is 13.8. The molecule has 0 atom stereocenters. The molecule has 0 unspecified atom stereocenters. The molecule has 0 radical (unpaired) electrons. The molecule has 0 aromatic heterocycles. The van der Waals surface area contributed by atoms with E-state index in [-0.39, 0.29) is 24.1 Å². The highest BCUT2D eigenvalue weighted by Gasteiger charge is 2.39. The number of carbonyl (C=O) groups is 2. The van der Waals surface area contributed by atoms with Gasteiger partial charge in [-0.2, -0.15) is 0 Å². The fraction of sp³-hybridized carbons (Fsp3) is 0.120. The van der Waals surface area contributed by atoms with Gasteiger partial charge in [-0.05, 0) is 49.2 Å². The first-order valence-corrected chi connectivity index (χ1v) is 11.0. The number of halogens is 1. The van der Waals surface area contributed by atoms with Crippen molar-refractivity contribution in [1.29, 1.82) is 0 Å². The lowest BCUT2D eigenvalue weighted by atomic mass is 10.2. The van der Waals surface area contributed by atoms with Gasteiger partial charge in [0, 0.05) is 15.6 Å². The average molecular weight is 449 g/mol. The number of rotatable bonds is 6. The molecule has 4 rings (SSSR count). The predicted molar refractivity (Wildman–Crippen MR) is 126 cm³/mol. The van der Waals surface area contributed by atoms with Crippen molar-refractivity contribution in [3.05, 3.63) is 105 Å². The first-order valence-electron chi connectivity index (χ1n) is 9.84. The van der Waals surface area contributed by atoms with E-state index in [0.29, 0.717) is 15.6 Å². The van der Waals surface area contributed by atoms with Crippen LogP contribution in [-0.4, -0.2) is 16.7 Å². The summed E-state index contributed by atoms with van der Waals surface area (Å²) in [6.07, 6.45) is 0. The second-order valence-electron chi connectivity index (χ2n) is 7.39. The maximum atomic E-state index is 13.3. The SMILES string of the molecule is Cc1ccc(SC2=C(Nc3ccc(C)c(Cl)c3)C(=O)N(Cc3ccccc3)C2=O)cc1. The van der Waals surface area contributed by atoms with E-state index in [1.54, 1.807) is 6.07 Å². The van der Waals surface area contributed by atoms with Crippen LogP contribution in [0.5, 0.6) is 0 Å². The Morgan fingerprint density at radius 3 is 2.29 bits per heavy atom. The summed E-state index contributed by atoms with van der Waals surface area (Å²) in [5, 5.41) is 3.74. The number of hydrogen-bond donors (Lipinski definition) is 1. The second-order valence-corrected chi connectivity index (χ2v) is 8.88. The molecule has 1 N–H and O–H groups in total. The number of hydrogen-bond acceptors (Lipinski definition) is 4. The van der Waals surface area contributed by atoms with Gasteiger partial charge < -0.3 is 5.32 Å². The van der Waals surface area contributed by atoms with E-state index in [1.807, 2.05) is 80.6 Å². The highest BCUT2D eigenvalue weighted by atomic mass is 35.5. The quantitative estimate of drug-likeness (QED) is 0.474. The minimum atomic E-state index is -0.347. The molecule has 0 saturated heterocycles. The van der Waals surface area contributed by atoms with Crippen molar-refractivity contribution in [3.8, 4) is 0 Å². The Labute approximate surface area is 190 Å². The third-order valence-corrected chi connectivity index (χ3v) is 6.49. The third-order valence-electron chi connectivity index (χ3n) is 4.99. The van der Waals surface area contributed by atoms with Crippen LogP contribution in [0.4, 0.5) is 5.69 Å². The van der Waals surface area contributed by atoms with Crippen molar-refractivity contribution in [1.82, 2.24) is 4.90 Å². The first kappa shape index (κ1) is 21.2. The summed E-state index contributed by atoms with van der Waals surface area (Å²) in [6, 6.07) is 22.8. The zero-order valence-electron chi connectivity index (χ0n) is 17.2. The van der Waals surface area contributed by atoms with Gasteiger partial charge in [-0.15, -0.1) is 0 Å². The molecular formula is C25H21ClN2O2S. The van der Waals surface area contributed by atoms with Gasteiger partial charge in [0.1, 0.15) is 10.6 Å². The molecule has 6 heteroatoms. The molecule has 1 heterocycles. The highest BCUT2D eigenvalue weighted by Crippen LogP contribution is 2.37. The van der Waals surface area contributed by atoms with Gasteiger partial charge >= 0.3 is 0 Å². The van der Waals surface area contributed by atoms with Gasteiger partial charge in [0.2, 0.25) is 0 Å². The number of aryl methyl sites for hydroxylation is 2. The van der Waals surface area contributed by atoms with E-state index < -0.39 is 0 Å². The molecule has 156 valence electrons. The largest absolute Gasteiger partial charge is 0.350 e. The zero-order valence-corrected chi connectivity index (χ0v) is 18.8. The average Bonchev–Trinajstić information content (AvgIpc) is 2.97. The fourth-order valence-corrected chi connectivity index (χ4v) is 4.33. The van der Waals surface area contributed by atoms with E-state index in [2.05, 4.69) is 5.32 Å². The summed E-state index contributed by atoms with van der Waals surface area (Å²) in [6.45, 7) is 4.14. The molecule has 0 bridgehead atoms. The van der Waals surface area contributed by atoms with Crippen molar-refractivity contribution >= 4 is 40.9 Å². The first-order chi connectivity index (χ1) is 14.9. The summed E-state index contributed by atoms with van der Waals surface area (Å²) in [7, 11) is 0. The van der Waals surface area contributed by atoms with Crippen LogP contribution in [0, 0.1) is 13.8 Å². The van der Waals surface area contributed by atoms with Crippen LogP contribution in [0.3, 0.4) is 0 Å². The minimum absolute atomic E-state index is 0.219. The number of nitrogens with one attached hydrogen (secondary N) is 1. The number of carbonyl (C=O) groups excluding carboxylic acids is 2. The molecule has 31 heavy (non-hydrogen) atoms. The molecule has 1 aliphatic heterocycles.